The summed E-state index contributed by atoms with van der Waals surface area (Å²) in [7, 11) is 0. The Morgan fingerprint density at radius 1 is 1.19 bits per heavy atom. The van der Waals surface area contributed by atoms with Crippen LogP contribution in [0.4, 0.5) is 5.69 Å². The second-order valence-corrected chi connectivity index (χ2v) is 5.41. The maximum atomic E-state index is 12.3. The van der Waals surface area contributed by atoms with Crippen molar-refractivity contribution in [2.24, 2.45) is 5.73 Å². The number of carbonyl (C=O) groups is 2. The molecule has 1 aliphatic heterocycles. The van der Waals surface area contributed by atoms with E-state index in [0.29, 0.717) is 13.0 Å². The van der Waals surface area contributed by atoms with Crippen molar-refractivity contribution < 1.29 is 14.7 Å². The average molecular weight is 290 g/mol. The van der Waals surface area contributed by atoms with Crippen LogP contribution in [-0.4, -0.2) is 30.1 Å². The van der Waals surface area contributed by atoms with E-state index in [1.165, 1.54) is 0 Å². The molecule has 1 aliphatic rings. The van der Waals surface area contributed by atoms with Crippen molar-refractivity contribution in [2.45, 2.75) is 38.0 Å². The summed E-state index contributed by atoms with van der Waals surface area (Å²) in [4.78, 5) is 25.3. The van der Waals surface area contributed by atoms with E-state index in [4.69, 9.17) is 5.73 Å². The molecule has 1 aromatic carbocycles. The molecule has 0 saturated carbocycles. The van der Waals surface area contributed by atoms with Gasteiger partial charge in [-0.25, -0.2) is 0 Å². The molecule has 0 bridgehead atoms. The third-order valence-electron chi connectivity index (χ3n) is 3.91. The van der Waals surface area contributed by atoms with Gasteiger partial charge in [-0.05, 0) is 31.0 Å². The Hall–Kier alpha value is -1.88. The van der Waals surface area contributed by atoms with E-state index < -0.39 is 11.9 Å². The number of para-hydroxylation sites is 1. The van der Waals surface area contributed by atoms with Gasteiger partial charge >= 0.3 is 5.97 Å². The molecule has 0 radical (unpaired) electrons. The molecule has 5 nitrogen and oxygen atoms in total. The van der Waals surface area contributed by atoms with Crippen LogP contribution in [0.5, 0.6) is 0 Å². The molecule has 114 valence electrons. The highest BCUT2D eigenvalue weighted by molar-refractivity contribution is 5.98. The normalized spacial score (nSPS) is 16.8. The summed E-state index contributed by atoms with van der Waals surface area (Å²) in [5.41, 5.74) is 6.92. The van der Waals surface area contributed by atoms with Gasteiger partial charge in [-0.15, -0.1) is 0 Å². The van der Waals surface area contributed by atoms with Crippen molar-refractivity contribution in [3.8, 4) is 0 Å². The first-order valence-corrected chi connectivity index (χ1v) is 7.47. The Bertz CT molecular complexity index is 516. The van der Waals surface area contributed by atoms with Gasteiger partial charge in [0.15, 0.2) is 0 Å². The van der Waals surface area contributed by atoms with E-state index in [0.717, 1.165) is 36.9 Å². The Morgan fingerprint density at radius 3 is 2.62 bits per heavy atom. The zero-order chi connectivity index (χ0) is 15.2. The predicted octanol–water partition coefficient (Wildman–Crippen LogP) is 2.11. The minimum absolute atomic E-state index is 0.0129. The van der Waals surface area contributed by atoms with Crippen LogP contribution in [0.25, 0.3) is 0 Å². The minimum Gasteiger partial charge on any atom is -0.481 e. The highest BCUT2D eigenvalue weighted by Crippen LogP contribution is 2.36. The molecule has 0 fully saturated rings. The number of anilines is 1. The van der Waals surface area contributed by atoms with E-state index in [1.807, 2.05) is 18.2 Å². The molecule has 1 aromatic rings. The molecule has 5 heteroatoms. The van der Waals surface area contributed by atoms with E-state index in [1.54, 1.807) is 11.0 Å². The molecule has 0 aromatic heterocycles. The van der Waals surface area contributed by atoms with Crippen LogP contribution in [0.1, 0.15) is 43.6 Å². The molecule has 3 N–H and O–H groups in total. The molecular weight excluding hydrogens is 268 g/mol. The molecule has 2 rings (SSSR count). The number of hydrogen-bond donors (Lipinski definition) is 2. The average Bonchev–Trinajstić information content (AvgIpc) is 2.87. The molecule has 1 atom stereocenters. The number of carboxylic acids is 1. The highest BCUT2D eigenvalue weighted by Gasteiger charge is 2.35. The Balaban J connectivity index is 1.98. The van der Waals surface area contributed by atoms with Gasteiger partial charge in [-0.2, -0.15) is 0 Å². The van der Waals surface area contributed by atoms with Gasteiger partial charge in [0.2, 0.25) is 5.91 Å². The lowest BCUT2D eigenvalue weighted by molar-refractivity contribution is -0.138. The van der Waals surface area contributed by atoms with E-state index >= 15 is 0 Å². The van der Waals surface area contributed by atoms with Gasteiger partial charge in [0, 0.05) is 18.7 Å². The second kappa shape index (κ2) is 7.22. The van der Waals surface area contributed by atoms with E-state index in [-0.39, 0.29) is 12.5 Å². The number of hydrogen-bond acceptors (Lipinski definition) is 3. The third kappa shape index (κ3) is 3.61. The summed E-state index contributed by atoms with van der Waals surface area (Å²) in [6, 6.07) is 7.27. The molecule has 0 aliphatic carbocycles. The number of amides is 1. The standard InChI is InChI=1S/C16H22N2O3/c17-10-6-2-1-3-9-15(19)18-11-13(16(20)21)12-7-4-5-8-14(12)18/h4-5,7-8,13H,1-3,6,9-11,17H2,(H,20,21). The summed E-state index contributed by atoms with van der Waals surface area (Å²) in [5.74, 6) is -1.47. The van der Waals surface area contributed by atoms with Gasteiger partial charge in [0.1, 0.15) is 5.92 Å². The largest absolute Gasteiger partial charge is 0.481 e. The number of unbranched alkanes of at least 4 members (excludes halogenated alkanes) is 3. The monoisotopic (exact) mass is 290 g/mol. The molecule has 21 heavy (non-hydrogen) atoms. The summed E-state index contributed by atoms with van der Waals surface area (Å²) in [5, 5.41) is 9.28. The number of carbonyl (C=O) groups excluding carboxylic acids is 1. The number of nitrogens with two attached hydrogens (primary N) is 1. The SMILES string of the molecule is NCCCCCCC(=O)N1CC(C(=O)O)c2ccccc21. The van der Waals surface area contributed by atoms with Crippen LogP contribution in [0.3, 0.4) is 0 Å². The van der Waals surface area contributed by atoms with Crippen molar-refractivity contribution in [1.29, 1.82) is 0 Å². The first-order chi connectivity index (χ1) is 10.1. The topological polar surface area (TPSA) is 83.6 Å². The van der Waals surface area contributed by atoms with Crippen molar-refractivity contribution in [1.82, 2.24) is 0 Å². The minimum atomic E-state index is -0.874. The maximum Gasteiger partial charge on any atom is 0.312 e. The molecule has 0 saturated heterocycles. The smallest absolute Gasteiger partial charge is 0.312 e. The molecule has 1 unspecified atom stereocenters. The number of benzene rings is 1. The summed E-state index contributed by atoms with van der Waals surface area (Å²) >= 11 is 0. The predicted molar refractivity (Wildman–Crippen MR) is 81.3 cm³/mol. The van der Waals surface area contributed by atoms with Crippen LogP contribution in [-0.2, 0) is 9.59 Å². The van der Waals surface area contributed by atoms with Crippen LogP contribution < -0.4 is 10.6 Å². The van der Waals surface area contributed by atoms with Crippen molar-refractivity contribution in [3.05, 3.63) is 29.8 Å². The maximum absolute atomic E-state index is 12.3. The molecular formula is C16H22N2O3. The van der Waals surface area contributed by atoms with Crippen molar-refractivity contribution in [3.63, 3.8) is 0 Å². The number of nitrogens with zero attached hydrogens (tertiary/aromatic N) is 1. The molecule has 1 heterocycles. The first-order valence-electron chi connectivity index (χ1n) is 7.47. The summed E-state index contributed by atoms with van der Waals surface area (Å²) in [6.07, 6.45) is 4.31. The van der Waals surface area contributed by atoms with Crippen LogP contribution >= 0.6 is 0 Å². The van der Waals surface area contributed by atoms with Gasteiger partial charge in [0.05, 0.1) is 0 Å². The van der Waals surface area contributed by atoms with Crippen LogP contribution in [0, 0.1) is 0 Å². The molecule has 1 amide bonds. The number of fused-ring (bicyclic) bond motifs is 1. The quantitative estimate of drug-likeness (QED) is 0.753. The fraction of sp³-hybridized carbons (Fsp3) is 0.500. The van der Waals surface area contributed by atoms with Crippen molar-refractivity contribution in [2.75, 3.05) is 18.0 Å². The second-order valence-electron chi connectivity index (χ2n) is 5.41. The van der Waals surface area contributed by atoms with Crippen molar-refractivity contribution >= 4 is 17.6 Å². The first kappa shape index (κ1) is 15.5. The lowest BCUT2D eigenvalue weighted by atomic mass is 10.0. The zero-order valence-electron chi connectivity index (χ0n) is 12.1. The van der Waals surface area contributed by atoms with Crippen LogP contribution in [0.2, 0.25) is 0 Å². The van der Waals surface area contributed by atoms with Gasteiger partial charge < -0.3 is 15.7 Å². The summed E-state index contributed by atoms with van der Waals surface area (Å²) in [6.45, 7) is 0.935. The highest BCUT2D eigenvalue weighted by atomic mass is 16.4. The lowest BCUT2D eigenvalue weighted by Gasteiger charge is -2.17. The third-order valence-corrected chi connectivity index (χ3v) is 3.91. The fourth-order valence-electron chi connectivity index (χ4n) is 2.76. The van der Waals surface area contributed by atoms with Gasteiger partial charge in [-0.3, -0.25) is 9.59 Å². The van der Waals surface area contributed by atoms with E-state index in [9.17, 15) is 14.7 Å². The Labute approximate surface area is 124 Å². The van der Waals surface area contributed by atoms with E-state index in [2.05, 4.69) is 0 Å². The summed E-state index contributed by atoms with van der Waals surface area (Å²) < 4.78 is 0. The number of aliphatic carboxylic acids is 1. The van der Waals surface area contributed by atoms with Gasteiger partial charge in [-0.1, -0.05) is 31.0 Å². The Morgan fingerprint density at radius 2 is 1.90 bits per heavy atom. The lowest BCUT2D eigenvalue weighted by Crippen LogP contribution is -2.31. The fourth-order valence-corrected chi connectivity index (χ4v) is 2.76. The van der Waals surface area contributed by atoms with Crippen LogP contribution in [0.15, 0.2) is 24.3 Å². The molecule has 0 spiro atoms. The number of carboxylic acid groups (broad SMARTS) is 1. The Kier molecular flexibility index (Phi) is 5.33. The zero-order valence-corrected chi connectivity index (χ0v) is 12.1. The number of rotatable bonds is 7. The van der Waals surface area contributed by atoms with Gasteiger partial charge in [0.25, 0.3) is 0 Å².